The fraction of sp³-hybridized carbons (Fsp3) is 0.0909. The highest BCUT2D eigenvalue weighted by Gasteiger charge is 2.04. The van der Waals surface area contributed by atoms with Crippen LogP contribution in [0, 0.1) is 6.92 Å². The van der Waals surface area contributed by atoms with Gasteiger partial charge in [-0.2, -0.15) is 0 Å². The van der Waals surface area contributed by atoms with Gasteiger partial charge in [0.2, 0.25) is 5.91 Å². The number of hydrogen-bond donors (Lipinski definition) is 3. The summed E-state index contributed by atoms with van der Waals surface area (Å²) in [6.45, 7) is 2.35. The lowest BCUT2D eigenvalue weighted by Gasteiger charge is -2.10. The molecule has 2 aromatic carbocycles. The molecule has 0 atom stereocenters. The smallest absolute Gasteiger partial charge is 0.323 e. The zero-order valence-corrected chi connectivity index (χ0v) is 16.3. The summed E-state index contributed by atoms with van der Waals surface area (Å²) in [5, 5.41) is 10.4. The van der Waals surface area contributed by atoms with Gasteiger partial charge in [0.25, 0.3) is 0 Å². The largest absolute Gasteiger partial charge is 0.348 e. The van der Waals surface area contributed by atoms with E-state index in [1.165, 1.54) is 6.08 Å². The van der Waals surface area contributed by atoms with E-state index in [2.05, 4.69) is 16.0 Å². The molecule has 0 saturated heterocycles. The van der Waals surface area contributed by atoms with Crippen LogP contribution in [-0.2, 0) is 11.3 Å². The summed E-state index contributed by atoms with van der Waals surface area (Å²) in [6.07, 6.45) is 3.30. The fourth-order valence-corrected chi connectivity index (χ4v) is 3.19. The van der Waals surface area contributed by atoms with Gasteiger partial charge < -0.3 is 16.0 Å². The van der Waals surface area contributed by atoms with Gasteiger partial charge in [0, 0.05) is 28.9 Å². The van der Waals surface area contributed by atoms with E-state index in [1.807, 2.05) is 66.9 Å². The van der Waals surface area contributed by atoms with Crippen LogP contribution in [0.4, 0.5) is 16.2 Å². The summed E-state index contributed by atoms with van der Waals surface area (Å²) in [6, 6.07) is 18.5. The standard InChI is InChI=1S/C22H21N3O2S/c1-16-5-2-7-18(13-16)24-22(27)25-19-8-3-6-17(14-19)15-23-21(26)11-10-20-9-4-12-28-20/h2-14H,15H2,1H3,(H,23,26)(H2,24,25,27)/b11-10+. The zero-order valence-electron chi connectivity index (χ0n) is 15.4. The molecule has 28 heavy (non-hydrogen) atoms. The van der Waals surface area contributed by atoms with E-state index in [1.54, 1.807) is 23.5 Å². The maximum atomic E-state index is 12.2. The van der Waals surface area contributed by atoms with Crippen LogP contribution < -0.4 is 16.0 Å². The van der Waals surface area contributed by atoms with E-state index in [-0.39, 0.29) is 11.9 Å². The van der Waals surface area contributed by atoms with Gasteiger partial charge >= 0.3 is 6.03 Å². The van der Waals surface area contributed by atoms with Crippen molar-refractivity contribution in [1.82, 2.24) is 5.32 Å². The van der Waals surface area contributed by atoms with Gasteiger partial charge in [-0.05, 0) is 59.8 Å². The van der Waals surface area contributed by atoms with Gasteiger partial charge in [-0.3, -0.25) is 4.79 Å². The second-order valence-corrected chi connectivity index (χ2v) is 7.19. The average Bonchev–Trinajstić information content (AvgIpc) is 3.18. The third-order valence-corrected chi connectivity index (χ3v) is 4.71. The SMILES string of the molecule is Cc1cccc(NC(=O)Nc2cccc(CNC(=O)/C=C/c3cccs3)c2)c1. The molecule has 5 nitrogen and oxygen atoms in total. The average molecular weight is 391 g/mol. The lowest BCUT2D eigenvalue weighted by Crippen LogP contribution is -2.21. The first-order valence-electron chi connectivity index (χ1n) is 8.81. The minimum Gasteiger partial charge on any atom is -0.348 e. The molecule has 3 amide bonds. The third-order valence-electron chi connectivity index (χ3n) is 3.87. The Bertz CT molecular complexity index is 981. The van der Waals surface area contributed by atoms with Crippen LogP contribution in [0.5, 0.6) is 0 Å². The summed E-state index contributed by atoms with van der Waals surface area (Å²) in [7, 11) is 0. The van der Waals surface area contributed by atoms with Gasteiger partial charge in [-0.1, -0.05) is 30.3 Å². The first kappa shape index (κ1) is 19.4. The molecule has 0 bridgehead atoms. The summed E-state index contributed by atoms with van der Waals surface area (Å²) in [5.41, 5.74) is 3.36. The predicted molar refractivity (Wildman–Crippen MR) is 115 cm³/mol. The second-order valence-electron chi connectivity index (χ2n) is 6.22. The van der Waals surface area contributed by atoms with Gasteiger partial charge in [-0.15, -0.1) is 11.3 Å². The van der Waals surface area contributed by atoms with E-state index < -0.39 is 0 Å². The number of nitrogens with one attached hydrogen (secondary N) is 3. The van der Waals surface area contributed by atoms with E-state index in [9.17, 15) is 9.59 Å². The maximum Gasteiger partial charge on any atom is 0.323 e. The quantitative estimate of drug-likeness (QED) is 0.516. The number of anilines is 2. The summed E-state index contributed by atoms with van der Waals surface area (Å²) >= 11 is 1.58. The molecular weight excluding hydrogens is 370 g/mol. The van der Waals surface area contributed by atoms with Crippen molar-refractivity contribution in [2.75, 3.05) is 10.6 Å². The normalized spacial score (nSPS) is 10.6. The second kappa shape index (κ2) is 9.53. The Morgan fingerprint density at radius 2 is 1.71 bits per heavy atom. The minimum absolute atomic E-state index is 0.163. The number of rotatable bonds is 6. The molecule has 0 fully saturated rings. The Labute approximate surface area is 168 Å². The third kappa shape index (κ3) is 6.10. The number of carbonyl (C=O) groups excluding carboxylic acids is 2. The van der Waals surface area contributed by atoms with Gasteiger partial charge in [0.15, 0.2) is 0 Å². The molecule has 1 heterocycles. The Hall–Kier alpha value is -3.38. The van der Waals surface area contributed by atoms with Crippen molar-refractivity contribution in [2.24, 2.45) is 0 Å². The number of thiophene rings is 1. The predicted octanol–water partition coefficient (Wildman–Crippen LogP) is 5.03. The molecule has 0 spiro atoms. The summed E-state index contributed by atoms with van der Waals surface area (Å²) in [4.78, 5) is 25.1. The highest BCUT2D eigenvalue weighted by molar-refractivity contribution is 7.10. The molecule has 0 aliphatic heterocycles. The number of carbonyl (C=O) groups is 2. The van der Waals surface area contributed by atoms with Crippen LogP contribution in [0.1, 0.15) is 16.0 Å². The highest BCUT2D eigenvalue weighted by atomic mass is 32.1. The monoisotopic (exact) mass is 391 g/mol. The van der Waals surface area contributed by atoms with E-state index in [0.29, 0.717) is 12.2 Å². The molecule has 3 aromatic rings. The Kier molecular flexibility index (Phi) is 6.59. The van der Waals surface area contributed by atoms with Crippen LogP contribution in [0.25, 0.3) is 6.08 Å². The number of amides is 3. The van der Waals surface area contributed by atoms with Gasteiger partial charge in [-0.25, -0.2) is 4.79 Å². The van der Waals surface area contributed by atoms with E-state index in [4.69, 9.17) is 0 Å². The molecule has 1 aromatic heterocycles. The molecule has 0 radical (unpaired) electrons. The zero-order chi connectivity index (χ0) is 19.8. The van der Waals surface area contributed by atoms with Crippen molar-refractivity contribution < 1.29 is 9.59 Å². The molecule has 6 heteroatoms. The van der Waals surface area contributed by atoms with Gasteiger partial charge in [0.05, 0.1) is 0 Å². The molecule has 142 valence electrons. The minimum atomic E-state index is -0.314. The highest BCUT2D eigenvalue weighted by Crippen LogP contribution is 2.13. The van der Waals surface area contributed by atoms with Crippen LogP contribution in [0.2, 0.25) is 0 Å². The summed E-state index contributed by atoms with van der Waals surface area (Å²) in [5.74, 6) is -0.163. The first-order valence-corrected chi connectivity index (χ1v) is 9.69. The Balaban J connectivity index is 1.52. The molecule has 3 rings (SSSR count). The van der Waals surface area contributed by atoms with Crippen molar-refractivity contribution in [3.63, 3.8) is 0 Å². The lowest BCUT2D eigenvalue weighted by atomic mass is 10.2. The van der Waals surface area contributed by atoms with Crippen molar-refractivity contribution in [3.05, 3.63) is 88.1 Å². The topological polar surface area (TPSA) is 70.2 Å². The first-order chi connectivity index (χ1) is 13.6. The van der Waals surface area contributed by atoms with E-state index >= 15 is 0 Å². The number of benzene rings is 2. The van der Waals surface area contributed by atoms with Crippen molar-refractivity contribution in [2.45, 2.75) is 13.5 Å². The number of aryl methyl sites for hydroxylation is 1. The van der Waals surface area contributed by atoms with E-state index in [0.717, 1.165) is 21.7 Å². The van der Waals surface area contributed by atoms with Crippen LogP contribution in [-0.4, -0.2) is 11.9 Å². The van der Waals surface area contributed by atoms with Crippen molar-refractivity contribution in [3.8, 4) is 0 Å². The Morgan fingerprint density at radius 3 is 2.43 bits per heavy atom. The lowest BCUT2D eigenvalue weighted by molar-refractivity contribution is -0.116. The molecule has 0 saturated carbocycles. The number of urea groups is 1. The fourth-order valence-electron chi connectivity index (χ4n) is 2.57. The molecule has 0 aliphatic rings. The summed E-state index contributed by atoms with van der Waals surface area (Å²) < 4.78 is 0. The van der Waals surface area contributed by atoms with Crippen LogP contribution in [0.15, 0.2) is 72.1 Å². The molecular formula is C22H21N3O2S. The maximum absolute atomic E-state index is 12.2. The van der Waals surface area contributed by atoms with Crippen LogP contribution in [0.3, 0.4) is 0 Å². The van der Waals surface area contributed by atoms with Crippen molar-refractivity contribution in [1.29, 1.82) is 0 Å². The van der Waals surface area contributed by atoms with Gasteiger partial charge in [0.1, 0.15) is 0 Å². The molecule has 0 unspecified atom stereocenters. The Morgan fingerprint density at radius 1 is 0.964 bits per heavy atom. The molecule has 3 N–H and O–H groups in total. The van der Waals surface area contributed by atoms with Crippen LogP contribution >= 0.6 is 11.3 Å². The number of hydrogen-bond acceptors (Lipinski definition) is 3. The van der Waals surface area contributed by atoms with Crippen molar-refractivity contribution >= 4 is 40.7 Å². The molecule has 0 aliphatic carbocycles.